The molecular weight excluding hydrogens is 440 g/mol. The van der Waals surface area contributed by atoms with Crippen LogP contribution in [0.25, 0.3) is 0 Å². The number of benzene rings is 1. The van der Waals surface area contributed by atoms with Crippen LogP contribution in [0.3, 0.4) is 0 Å². The molecule has 0 aliphatic heterocycles. The first-order valence-corrected chi connectivity index (χ1v) is 11.2. The van der Waals surface area contributed by atoms with E-state index in [1.54, 1.807) is 32.0 Å². The number of thiophene rings is 1. The Morgan fingerprint density at radius 3 is 2.42 bits per heavy atom. The van der Waals surface area contributed by atoms with Crippen LogP contribution in [-0.2, 0) is 10.0 Å². The van der Waals surface area contributed by atoms with Crippen LogP contribution in [0.5, 0.6) is 5.75 Å². The molecule has 1 N–H and O–H groups in total. The van der Waals surface area contributed by atoms with Crippen molar-refractivity contribution in [2.24, 2.45) is 0 Å². The van der Waals surface area contributed by atoms with Crippen molar-refractivity contribution >= 4 is 48.9 Å². The minimum Gasteiger partial charge on any atom is -0.492 e. The number of hydrogen-bond donors (Lipinski definition) is 1. The van der Waals surface area contributed by atoms with E-state index in [4.69, 9.17) is 4.74 Å². The minimum atomic E-state index is -3.63. The number of anilines is 1. The van der Waals surface area contributed by atoms with Crippen LogP contribution < -0.4 is 10.1 Å². The van der Waals surface area contributed by atoms with Crippen LogP contribution >= 0.6 is 27.3 Å². The predicted molar refractivity (Wildman–Crippen MR) is 108 cm³/mol. The summed E-state index contributed by atoms with van der Waals surface area (Å²) in [6.45, 7) is 6.53. The van der Waals surface area contributed by atoms with Crippen molar-refractivity contribution in [3.8, 4) is 5.75 Å². The summed E-state index contributed by atoms with van der Waals surface area (Å²) in [5, 5.41) is 2.76. The quantitative estimate of drug-likeness (QED) is 0.640. The molecule has 0 fully saturated rings. The molecule has 0 atom stereocenters. The second-order valence-corrected chi connectivity index (χ2v) is 9.64. The number of nitrogens with zero attached hydrogens (tertiary/aromatic N) is 1. The van der Waals surface area contributed by atoms with Gasteiger partial charge in [-0.3, -0.25) is 4.79 Å². The van der Waals surface area contributed by atoms with Crippen molar-refractivity contribution in [3.63, 3.8) is 0 Å². The number of hydrogen-bond acceptors (Lipinski definition) is 5. The minimum absolute atomic E-state index is 0.118. The van der Waals surface area contributed by atoms with E-state index in [0.717, 1.165) is 3.79 Å². The number of ether oxygens (including phenoxy) is 1. The molecule has 9 heteroatoms. The molecule has 0 unspecified atom stereocenters. The molecule has 0 saturated heterocycles. The van der Waals surface area contributed by atoms with E-state index < -0.39 is 10.0 Å². The van der Waals surface area contributed by atoms with E-state index >= 15 is 0 Å². The lowest BCUT2D eigenvalue weighted by Crippen LogP contribution is -2.30. The number of sulfonamides is 1. The van der Waals surface area contributed by atoms with Gasteiger partial charge in [-0.05, 0) is 53.2 Å². The highest BCUT2D eigenvalue weighted by molar-refractivity contribution is 9.11. The van der Waals surface area contributed by atoms with E-state index in [9.17, 15) is 13.2 Å². The Labute approximate surface area is 166 Å². The largest absolute Gasteiger partial charge is 0.492 e. The summed E-state index contributed by atoms with van der Waals surface area (Å²) in [5.41, 5.74) is 0.328. The third-order valence-corrected chi connectivity index (χ3v) is 7.31. The van der Waals surface area contributed by atoms with Crippen LogP contribution in [0, 0.1) is 0 Å². The maximum Gasteiger partial charge on any atom is 0.265 e. The Morgan fingerprint density at radius 2 is 1.88 bits per heavy atom. The molecule has 26 heavy (non-hydrogen) atoms. The average Bonchev–Trinajstić information content (AvgIpc) is 3.04. The fourth-order valence-corrected chi connectivity index (χ4v) is 5.15. The predicted octanol–water partition coefficient (Wildman–Crippen LogP) is 4.19. The molecule has 0 spiro atoms. The Hall–Kier alpha value is -1.42. The van der Waals surface area contributed by atoms with Gasteiger partial charge in [0.25, 0.3) is 5.91 Å². The van der Waals surface area contributed by atoms with Gasteiger partial charge in [0.15, 0.2) is 0 Å². The van der Waals surface area contributed by atoms with E-state index in [1.165, 1.54) is 27.8 Å². The van der Waals surface area contributed by atoms with Crippen molar-refractivity contribution in [2.45, 2.75) is 25.7 Å². The van der Waals surface area contributed by atoms with Gasteiger partial charge in [-0.15, -0.1) is 11.3 Å². The summed E-state index contributed by atoms with van der Waals surface area (Å²) in [4.78, 5) is 13.1. The summed E-state index contributed by atoms with van der Waals surface area (Å²) in [6, 6.07) is 7.99. The number of nitrogens with one attached hydrogen (secondary N) is 1. The molecule has 1 amide bonds. The van der Waals surface area contributed by atoms with Crippen LogP contribution in [0.15, 0.2) is 39.0 Å². The van der Waals surface area contributed by atoms with Crippen LogP contribution in [-0.4, -0.2) is 38.3 Å². The number of rotatable bonds is 8. The number of carbonyl (C=O) groups excluding carboxylic acids is 1. The number of halogens is 1. The SMILES string of the molecule is CCOc1ccc(S(=O)(=O)N(CC)CC)cc1NC(=O)c1ccc(Br)s1. The van der Waals surface area contributed by atoms with E-state index in [0.29, 0.717) is 36.0 Å². The molecule has 1 aromatic heterocycles. The monoisotopic (exact) mass is 460 g/mol. The molecule has 2 rings (SSSR count). The van der Waals surface area contributed by atoms with Gasteiger partial charge in [0, 0.05) is 13.1 Å². The second kappa shape index (κ2) is 8.98. The number of amides is 1. The van der Waals surface area contributed by atoms with E-state index in [1.807, 2.05) is 6.92 Å². The molecule has 2 aromatic rings. The van der Waals surface area contributed by atoms with Crippen molar-refractivity contribution in [2.75, 3.05) is 25.0 Å². The zero-order valence-electron chi connectivity index (χ0n) is 14.8. The van der Waals surface area contributed by atoms with Crippen molar-refractivity contribution in [3.05, 3.63) is 39.0 Å². The van der Waals surface area contributed by atoms with Gasteiger partial charge in [0.2, 0.25) is 10.0 Å². The molecule has 142 valence electrons. The first-order chi connectivity index (χ1) is 12.3. The first-order valence-electron chi connectivity index (χ1n) is 8.17. The molecule has 0 saturated carbocycles. The smallest absolute Gasteiger partial charge is 0.265 e. The van der Waals surface area contributed by atoms with Gasteiger partial charge in [-0.2, -0.15) is 4.31 Å². The number of carbonyl (C=O) groups is 1. The molecular formula is C17H21BrN2O4S2. The molecule has 1 aromatic carbocycles. The second-order valence-electron chi connectivity index (χ2n) is 5.24. The summed E-state index contributed by atoms with van der Waals surface area (Å²) >= 11 is 4.62. The van der Waals surface area contributed by atoms with Crippen molar-refractivity contribution in [1.29, 1.82) is 0 Å². The highest BCUT2D eigenvalue weighted by Crippen LogP contribution is 2.31. The third-order valence-electron chi connectivity index (χ3n) is 3.64. The highest BCUT2D eigenvalue weighted by Gasteiger charge is 2.23. The lowest BCUT2D eigenvalue weighted by molar-refractivity contribution is 0.103. The van der Waals surface area contributed by atoms with Gasteiger partial charge < -0.3 is 10.1 Å². The van der Waals surface area contributed by atoms with Gasteiger partial charge in [-0.25, -0.2) is 8.42 Å². The maximum atomic E-state index is 12.7. The topological polar surface area (TPSA) is 75.7 Å². The lowest BCUT2D eigenvalue weighted by atomic mass is 10.3. The van der Waals surface area contributed by atoms with E-state index in [2.05, 4.69) is 21.2 Å². The third kappa shape index (κ3) is 4.64. The lowest BCUT2D eigenvalue weighted by Gasteiger charge is -2.20. The fourth-order valence-electron chi connectivity index (χ4n) is 2.38. The zero-order chi connectivity index (χ0) is 19.3. The van der Waals surface area contributed by atoms with Crippen molar-refractivity contribution < 1.29 is 17.9 Å². The zero-order valence-corrected chi connectivity index (χ0v) is 18.0. The summed E-state index contributed by atoms with van der Waals surface area (Å²) in [7, 11) is -3.63. The Bertz CT molecular complexity index is 877. The van der Waals surface area contributed by atoms with Gasteiger partial charge in [0.1, 0.15) is 5.75 Å². The Balaban J connectivity index is 2.41. The summed E-state index contributed by atoms with van der Waals surface area (Å²) in [5.74, 6) is 0.106. The molecule has 0 radical (unpaired) electrons. The van der Waals surface area contributed by atoms with Gasteiger partial charge in [0.05, 0.1) is 25.9 Å². The highest BCUT2D eigenvalue weighted by atomic mass is 79.9. The van der Waals surface area contributed by atoms with Crippen LogP contribution in [0.1, 0.15) is 30.4 Å². The fraction of sp³-hybridized carbons (Fsp3) is 0.353. The maximum absolute atomic E-state index is 12.7. The summed E-state index contributed by atoms with van der Waals surface area (Å²) < 4.78 is 33.2. The molecule has 1 heterocycles. The summed E-state index contributed by atoms with van der Waals surface area (Å²) in [6.07, 6.45) is 0. The Kier molecular flexibility index (Phi) is 7.22. The van der Waals surface area contributed by atoms with Crippen LogP contribution in [0.2, 0.25) is 0 Å². The standard InChI is InChI=1S/C17H21BrN2O4S2/c1-4-20(5-2)26(22,23)12-7-8-14(24-6-3)13(11-12)19-17(21)15-9-10-16(18)25-15/h7-11H,4-6H2,1-3H3,(H,19,21). The first kappa shape index (κ1) is 20.9. The molecule has 0 aliphatic carbocycles. The molecule has 0 aliphatic rings. The normalized spacial score (nSPS) is 11.6. The average molecular weight is 461 g/mol. The molecule has 0 bridgehead atoms. The van der Waals surface area contributed by atoms with E-state index in [-0.39, 0.29) is 10.8 Å². The van der Waals surface area contributed by atoms with Crippen LogP contribution in [0.4, 0.5) is 5.69 Å². The Morgan fingerprint density at radius 1 is 1.19 bits per heavy atom. The van der Waals surface area contributed by atoms with Gasteiger partial charge in [-0.1, -0.05) is 13.8 Å². The van der Waals surface area contributed by atoms with Crippen molar-refractivity contribution in [1.82, 2.24) is 4.31 Å². The van der Waals surface area contributed by atoms with Gasteiger partial charge >= 0.3 is 0 Å². The molecule has 6 nitrogen and oxygen atoms in total.